The fourth-order valence-electron chi connectivity index (χ4n) is 1.86. The molecule has 0 aliphatic carbocycles. The van der Waals surface area contributed by atoms with Gasteiger partial charge < -0.3 is 10.6 Å². The van der Waals surface area contributed by atoms with Crippen LogP contribution < -0.4 is 5.73 Å². The lowest BCUT2D eigenvalue weighted by Crippen LogP contribution is -2.43. The van der Waals surface area contributed by atoms with Crippen LogP contribution in [-0.2, 0) is 11.2 Å². The summed E-state index contributed by atoms with van der Waals surface area (Å²) < 4.78 is 1.08. The number of carbonyl (C=O) groups excluding carboxylic acids is 1. The molecule has 0 atom stereocenters. The van der Waals surface area contributed by atoms with E-state index in [1.54, 1.807) is 11.3 Å². The van der Waals surface area contributed by atoms with Gasteiger partial charge in [-0.05, 0) is 40.9 Å². The summed E-state index contributed by atoms with van der Waals surface area (Å²) in [6.45, 7) is 1.62. The molecular weight excluding hydrogens is 324 g/mol. The molecule has 0 aromatic carbocycles. The lowest BCUT2D eigenvalue weighted by Gasteiger charge is -2.30. The molecule has 2 N–H and O–H groups in total. The number of nitrogens with two attached hydrogens (primary N) is 1. The molecule has 17 heavy (non-hydrogen) atoms. The molecule has 0 spiro atoms. The number of nitrogens with zero attached hydrogens (tertiary/aromatic N) is 1. The van der Waals surface area contributed by atoms with Crippen molar-refractivity contribution in [3.63, 3.8) is 0 Å². The Labute approximate surface area is 120 Å². The molecule has 0 unspecified atom stereocenters. The van der Waals surface area contributed by atoms with E-state index >= 15 is 0 Å². The van der Waals surface area contributed by atoms with Crippen LogP contribution in [0.4, 0.5) is 0 Å². The van der Waals surface area contributed by atoms with Crippen LogP contribution in [0.25, 0.3) is 0 Å². The second-order valence-corrected chi connectivity index (χ2v) is 6.65. The molecule has 1 aliphatic rings. The van der Waals surface area contributed by atoms with Crippen molar-refractivity contribution in [2.24, 2.45) is 5.73 Å². The molecule has 1 aliphatic heterocycles. The zero-order valence-electron chi connectivity index (χ0n) is 9.39. The summed E-state index contributed by atoms with van der Waals surface area (Å²) in [6.07, 6.45) is 2.38. The Bertz CT molecular complexity index is 377. The van der Waals surface area contributed by atoms with Crippen molar-refractivity contribution in [3.05, 3.63) is 20.8 Å². The van der Waals surface area contributed by atoms with Crippen molar-refractivity contribution < 1.29 is 4.79 Å². The van der Waals surface area contributed by atoms with E-state index in [1.807, 2.05) is 17.0 Å². The highest BCUT2D eigenvalue weighted by Crippen LogP contribution is 2.23. The van der Waals surface area contributed by atoms with Gasteiger partial charge in [-0.25, -0.2) is 0 Å². The van der Waals surface area contributed by atoms with Crippen molar-refractivity contribution in [3.8, 4) is 0 Å². The fraction of sp³-hybridized carbons (Fsp3) is 0.545. The maximum Gasteiger partial charge on any atom is 0.227 e. The average molecular weight is 340 g/mol. The number of thiophene rings is 1. The van der Waals surface area contributed by atoms with Gasteiger partial charge in [0.25, 0.3) is 0 Å². The number of amides is 1. The smallest absolute Gasteiger partial charge is 0.227 e. The molecule has 1 saturated heterocycles. The van der Waals surface area contributed by atoms with Gasteiger partial charge in [-0.3, -0.25) is 4.79 Å². The van der Waals surface area contributed by atoms with Gasteiger partial charge in [0.15, 0.2) is 0 Å². The van der Waals surface area contributed by atoms with Crippen molar-refractivity contribution in [1.82, 2.24) is 4.90 Å². The van der Waals surface area contributed by atoms with E-state index in [4.69, 9.17) is 5.73 Å². The Balaban J connectivity index is 0.00000144. The molecule has 1 amide bonds. The first-order valence-corrected chi connectivity index (χ1v) is 7.03. The highest BCUT2D eigenvalue weighted by Gasteiger charge is 2.20. The van der Waals surface area contributed by atoms with Crippen molar-refractivity contribution in [2.45, 2.75) is 25.3 Å². The quantitative estimate of drug-likeness (QED) is 0.899. The van der Waals surface area contributed by atoms with Gasteiger partial charge in [-0.2, -0.15) is 0 Å². The van der Waals surface area contributed by atoms with E-state index in [0.29, 0.717) is 6.42 Å². The molecule has 0 saturated carbocycles. The van der Waals surface area contributed by atoms with Crippen molar-refractivity contribution in [2.75, 3.05) is 13.1 Å². The fourth-order valence-corrected chi connectivity index (χ4v) is 3.33. The van der Waals surface area contributed by atoms with Crippen LogP contribution in [0.3, 0.4) is 0 Å². The lowest BCUT2D eigenvalue weighted by atomic mass is 10.1. The lowest BCUT2D eigenvalue weighted by molar-refractivity contribution is -0.131. The highest BCUT2D eigenvalue weighted by molar-refractivity contribution is 9.11. The van der Waals surface area contributed by atoms with Gasteiger partial charge in [-0.15, -0.1) is 23.7 Å². The van der Waals surface area contributed by atoms with Crippen LogP contribution in [0.15, 0.2) is 15.9 Å². The number of likely N-dealkylation sites (tertiary alicyclic amines) is 1. The summed E-state index contributed by atoms with van der Waals surface area (Å²) in [5, 5.41) is 0. The molecule has 3 nitrogen and oxygen atoms in total. The SMILES string of the molecule is Cl.NC1CCN(C(=O)Cc2ccc(Br)s2)CC1. The molecular formula is C11H16BrClN2OS. The van der Waals surface area contributed by atoms with Crippen LogP contribution in [0.5, 0.6) is 0 Å². The summed E-state index contributed by atoms with van der Waals surface area (Å²) in [7, 11) is 0. The van der Waals surface area contributed by atoms with Crippen LogP contribution in [0, 0.1) is 0 Å². The topological polar surface area (TPSA) is 46.3 Å². The molecule has 1 aromatic rings. The standard InChI is InChI=1S/C11H15BrN2OS.ClH/c12-10-2-1-9(16-10)7-11(15)14-5-3-8(13)4-6-14;/h1-2,8H,3-7,13H2;1H. The Kier molecular flexibility index (Phi) is 5.92. The second kappa shape index (κ2) is 6.73. The molecule has 2 heterocycles. The van der Waals surface area contributed by atoms with E-state index < -0.39 is 0 Å². The Morgan fingerprint density at radius 1 is 1.47 bits per heavy atom. The first kappa shape index (κ1) is 15.0. The zero-order valence-corrected chi connectivity index (χ0v) is 12.6. The van der Waals surface area contributed by atoms with E-state index in [1.165, 1.54) is 0 Å². The summed E-state index contributed by atoms with van der Waals surface area (Å²) >= 11 is 5.03. The molecule has 1 fully saturated rings. The molecule has 6 heteroatoms. The molecule has 0 radical (unpaired) electrons. The number of halogens is 2. The van der Waals surface area contributed by atoms with E-state index in [0.717, 1.165) is 34.6 Å². The minimum absolute atomic E-state index is 0. The van der Waals surface area contributed by atoms with Gasteiger partial charge in [0.2, 0.25) is 5.91 Å². The van der Waals surface area contributed by atoms with Gasteiger partial charge in [-0.1, -0.05) is 0 Å². The largest absolute Gasteiger partial charge is 0.342 e. The van der Waals surface area contributed by atoms with Gasteiger partial charge in [0.1, 0.15) is 0 Å². The monoisotopic (exact) mass is 338 g/mol. The molecule has 2 rings (SSSR count). The predicted octanol–water partition coefficient (Wildman–Crippen LogP) is 2.42. The van der Waals surface area contributed by atoms with E-state index in [2.05, 4.69) is 15.9 Å². The predicted molar refractivity (Wildman–Crippen MR) is 76.8 cm³/mol. The number of rotatable bonds is 2. The summed E-state index contributed by atoms with van der Waals surface area (Å²) in [5.74, 6) is 0.223. The van der Waals surface area contributed by atoms with Crippen LogP contribution >= 0.6 is 39.7 Å². The Morgan fingerprint density at radius 2 is 2.12 bits per heavy atom. The Hall–Kier alpha value is -0.100. The van der Waals surface area contributed by atoms with Crippen LogP contribution in [-0.4, -0.2) is 29.9 Å². The summed E-state index contributed by atoms with van der Waals surface area (Å²) in [4.78, 5) is 15.0. The number of hydrogen-bond donors (Lipinski definition) is 1. The maximum atomic E-state index is 12.0. The molecule has 1 aromatic heterocycles. The van der Waals surface area contributed by atoms with E-state index in [9.17, 15) is 4.79 Å². The number of hydrogen-bond acceptors (Lipinski definition) is 3. The third-order valence-electron chi connectivity index (χ3n) is 2.85. The first-order chi connectivity index (χ1) is 7.65. The number of carbonyl (C=O) groups is 1. The summed E-state index contributed by atoms with van der Waals surface area (Å²) in [5.41, 5.74) is 5.81. The third kappa shape index (κ3) is 4.25. The van der Waals surface area contributed by atoms with Crippen LogP contribution in [0.1, 0.15) is 17.7 Å². The minimum Gasteiger partial charge on any atom is -0.342 e. The molecule has 96 valence electrons. The van der Waals surface area contributed by atoms with Crippen molar-refractivity contribution in [1.29, 1.82) is 0 Å². The normalized spacial score (nSPS) is 16.7. The molecule has 0 bridgehead atoms. The number of piperidine rings is 1. The Morgan fingerprint density at radius 3 is 2.65 bits per heavy atom. The minimum atomic E-state index is 0. The third-order valence-corrected chi connectivity index (χ3v) is 4.47. The van der Waals surface area contributed by atoms with Gasteiger partial charge >= 0.3 is 0 Å². The van der Waals surface area contributed by atoms with E-state index in [-0.39, 0.29) is 24.4 Å². The summed E-state index contributed by atoms with van der Waals surface area (Å²) in [6, 6.07) is 4.27. The van der Waals surface area contributed by atoms with Crippen molar-refractivity contribution >= 4 is 45.6 Å². The van der Waals surface area contributed by atoms with Gasteiger partial charge in [0, 0.05) is 24.0 Å². The van der Waals surface area contributed by atoms with Gasteiger partial charge in [0.05, 0.1) is 10.2 Å². The second-order valence-electron chi connectivity index (χ2n) is 4.10. The average Bonchev–Trinajstić information content (AvgIpc) is 2.65. The first-order valence-electron chi connectivity index (χ1n) is 5.43. The van der Waals surface area contributed by atoms with Crippen LogP contribution in [0.2, 0.25) is 0 Å². The maximum absolute atomic E-state index is 12.0. The zero-order chi connectivity index (χ0) is 11.5. The highest BCUT2D eigenvalue weighted by atomic mass is 79.9.